The molecule has 0 saturated heterocycles. The fourth-order valence-electron chi connectivity index (χ4n) is 11.9. The first-order valence-corrected chi connectivity index (χ1v) is 30.3. The molecule has 0 atom stereocenters. The van der Waals surface area contributed by atoms with Crippen LogP contribution in [-0.2, 0) is 0 Å². The van der Waals surface area contributed by atoms with Gasteiger partial charge in [-0.1, -0.05) is 243 Å². The number of aromatic nitrogens is 8. The third-order valence-corrected chi connectivity index (χ3v) is 16.5. The van der Waals surface area contributed by atoms with Crippen LogP contribution in [0.25, 0.3) is 45.4 Å². The molecular formula is C76H48MgN16. The monoisotopic (exact) mass is 1210 g/mol. The Balaban J connectivity index is 0.00000686. The van der Waals surface area contributed by atoms with Gasteiger partial charge in [0.2, 0.25) is 0 Å². The van der Waals surface area contributed by atoms with Crippen LogP contribution in [0, 0.1) is 0 Å². The number of hydrogen-bond acceptors (Lipinski definition) is 14. The normalized spacial score (nSPS) is 15.1. The maximum atomic E-state index is 5.53. The molecule has 17 heteroatoms. The van der Waals surface area contributed by atoms with Gasteiger partial charge < -0.3 is 29.9 Å². The van der Waals surface area contributed by atoms with Crippen LogP contribution in [0.5, 0.6) is 0 Å². The molecule has 6 aliphatic rings. The minimum atomic E-state index is 0. The summed E-state index contributed by atoms with van der Waals surface area (Å²) in [5.41, 5.74) is 16.8. The summed E-state index contributed by atoms with van der Waals surface area (Å²) in [5, 5.41) is 0. The van der Waals surface area contributed by atoms with Gasteiger partial charge in [0.25, 0.3) is 0 Å². The van der Waals surface area contributed by atoms with E-state index in [1.54, 1.807) is 0 Å². The van der Waals surface area contributed by atoms with E-state index >= 15 is 0 Å². The summed E-state index contributed by atoms with van der Waals surface area (Å²) in [7, 11) is 0. The molecule has 0 fully saturated rings. The van der Waals surface area contributed by atoms with E-state index < -0.39 is 0 Å². The van der Waals surface area contributed by atoms with Gasteiger partial charge in [0, 0.05) is 48.3 Å². The molecule has 16 nitrogen and oxygen atoms in total. The van der Waals surface area contributed by atoms with E-state index in [-0.39, 0.29) is 68.9 Å². The maximum Gasteiger partial charge on any atom is 2.00 e. The van der Waals surface area contributed by atoms with Crippen LogP contribution >= 0.6 is 0 Å². The maximum absolute atomic E-state index is 5.53. The Labute approximate surface area is 549 Å². The zero-order chi connectivity index (χ0) is 60.9. The Bertz CT molecular complexity index is 4670. The van der Waals surface area contributed by atoms with E-state index in [1.807, 2.05) is 243 Å². The minimum absolute atomic E-state index is 0. The first-order valence-electron chi connectivity index (χ1n) is 30.3. The molecule has 0 spiro atoms. The van der Waals surface area contributed by atoms with Crippen LogP contribution < -0.4 is 9.97 Å². The van der Waals surface area contributed by atoms with Crippen molar-refractivity contribution in [1.29, 1.82) is 0 Å². The molecule has 8 bridgehead atoms. The van der Waals surface area contributed by atoms with Crippen molar-refractivity contribution in [3.63, 3.8) is 0 Å². The molecular weight excluding hydrogens is 1160 g/mol. The van der Waals surface area contributed by atoms with Gasteiger partial charge in [0.1, 0.15) is 68.8 Å². The number of benzene rings is 8. The van der Waals surface area contributed by atoms with Crippen molar-refractivity contribution >= 4 is 137 Å². The number of aliphatic imine (C=N–C) groups is 8. The van der Waals surface area contributed by atoms with Gasteiger partial charge in [-0.2, -0.15) is 0 Å². The van der Waals surface area contributed by atoms with E-state index in [4.69, 9.17) is 79.8 Å². The van der Waals surface area contributed by atoms with Crippen LogP contribution in [0.2, 0.25) is 0 Å². The van der Waals surface area contributed by atoms with Gasteiger partial charge in [0.15, 0.2) is 0 Å². The Morgan fingerprint density at radius 1 is 0.194 bits per heavy atom. The third-order valence-electron chi connectivity index (χ3n) is 16.5. The largest absolute Gasteiger partial charge is 2.00 e. The van der Waals surface area contributed by atoms with E-state index in [0.29, 0.717) is 71.2 Å². The second-order valence-electron chi connectivity index (χ2n) is 22.4. The SMILES string of the molecule is [Mg+2].c1ccc(C2=NC3=C(N=C(c4ccccc4)C2)c2nc3nc3[n-]c(nc4nc(nc5[n-]c(n2)c2c5N=C(c5ccccc5)CC(c5ccccc5)=N2)C2=C4N=C(c4ccccc4)CC(c4ccccc4)=N2)c2c3N=C(c3ccccc3)CC(c3ccccc3)=N2)cc1. The Hall–Kier alpha value is -11.8. The first-order chi connectivity index (χ1) is 45.5. The molecule has 0 unspecified atom stereocenters. The number of nitrogens with zero attached hydrogens (tertiary/aromatic N) is 16. The van der Waals surface area contributed by atoms with Crippen molar-refractivity contribution in [3.8, 4) is 0 Å². The molecule has 6 aliphatic heterocycles. The third kappa shape index (κ3) is 10.9. The number of rotatable bonds is 8. The van der Waals surface area contributed by atoms with E-state index in [2.05, 4.69) is 0 Å². The standard InChI is InChI=1S/C76H48N16.Mg/c1-9-25-45(26-10-1)53-41-54(46-27-11-2-12-28-46)78-62-61(77-53)69-85-70(62)90-72-65-66(82-58(50-35-19-6-20-36-50)43-57(81-65)49-33-17-5-18-34-49)74(87-72)92-76-68-67(83-59(51-37-21-7-22-38-51)44-60(84-68)52-39-23-8-24-40-52)75(88-76)91-73-64-63(71(86-73)89-69)79-55(47-29-13-3-14-30-47)42-56(80-64)48-31-15-4-16-32-48;/h1-40H,41-44H2;/q-2;+2. The average molecular weight is 1210 g/mol. The molecule has 0 saturated carbocycles. The number of fused-ring (bicyclic) bond motifs is 18. The zero-order valence-electron chi connectivity index (χ0n) is 49.8. The summed E-state index contributed by atoms with van der Waals surface area (Å²) >= 11 is 0. The molecule has 434 valence electrons. The van der Waals surface area contributed by atoms with Crippen molar-refractivity contribution in [2.24, 2.45) is 39.9 Å². The van der Waals surface area contributed by atoms with Crippen LogP contribution in [0.15, 0.2) is 283 Å². The van der Waals surface area contributed by atoms with Crippen molar-refractivity contribution in [1.82, 2.24) is 39.9 Å². The molecule has 3 aromatic heterocycles. The molecule has 0 aliphatic carbocycles. The topological polar surface area (TPSA) is 204 Å². The van der Waals surface area contributed by atoms with Gasteiger partial charge in [-0.05, 0) is 44.5 Å². The van der Waals surface area contributed by atoms with E-state index in [1.165, 1.54) is 0 Å². The fraction of sp³-hybridized carbons (Fsp3) is 0.0526. The van der Waals surface area contributed by atoms with E-state index in [9.17, 15) is 0 Å². The smallest absolute Gasteiger partial charge is 0.354 e. The van der Waals surface area contributed by atoms with Crippen molar-refractivity contribution < 1.29 is 0 Å². The Kier molecular flexibility index (Phi) is 14.7. The van der Waals surface area contributed by atoms with Crippen LogP contribution in [0.1, 0.15) is 93.5 Å². The van der Waals surface area contributed by atoms with Gasteiger partial charge >= 0.3 is 23.1 Å². The summed E-state index contributed by atoms with van der Waals surface area (Å²) in [6, 6.07) is 80.7. The second-order valence-corrected chi connectivity index (χ2v) is 22.4. The van der Waals surface area contributed by atoms with Gasteiger partial charge in [-0.15, -0.1) is 0 Å². The molecule has 11 aromatic rings. The predicted octanol–water partition coefficient (Wildman–Crippen LogP) is 14.5. The summed E-state index contributed by atoms with van der Waals surface area (Å²) in [6.45, 7) is 0. The van der Waals surface area contributed by atoms with Crippen molar-refractivity contribution in [2.45, 2.75) is 25.7 Å². The summed E-state index contributed by atoms with van der Waals surface area (Å²) in [4.78, 5) is 87.6. The molecule has 93 heavy (non-hydrogen) atoms. The minimum Gasteiger partial charge on any atom is -0.354 e. The van der Waals surface area contributed by atoms with Crippen LogP contribution in [0.3, 0.4) is 0 Å². The molecule has 8 aromatic carbocycles. The summed E-state index contributed by atoms with van der Waals surface area (Å²) in [6.07, 6.45) is 1.47. The molecule has 9 heterocycles. The average Bonchev–Trinajstić information content (AvgIpc) is 1.62. The van der Waals surface area contributed by atoms with Crippen molar-refractivity contribution in [3.05, 3.63) is 310 Å². The van der Waals surface area contributed by atoms with Gasteiger partial charge in [0.05, 0.1) is 45.7 Å². The van der Waals surface area contributed by atoms with Gasteiger partial charge in [-0.25, -0.2) is 49.9 Å². The molecule has 17 rings (SSSR count). The fourth-order valence-corrected chi connectivity index (χ4v) is 11.9. The Morgan fingerprint density at radius 2 is 0.355 bits per heavy atom. The zero-order valence-corrected chi connectivity index (χ0v) is 51.2. The summed E-state index contributed by atoms with van der Waals surface area (Å²) in [5.74, 6) is 0.722. The van der Waals surface area contributed by atoms with Gasteiger partial charge in [-0.3, -0.25) is 0 Å². The predicted molar refractivity (Wildman–Crippen MR) is 370 cm³/mol. The number of hydrogen-bond donors (Lipinski definition) is 0. The van der Waals surface area contributed by atoms with Crippen molar-refractivity contribution in [2.75, 3.05) is 0 Å². The van der Waals surface area contributed by atoms with Crippen LogP contribution in [0.4, 0.5) is 22.7 Å². The first kappa shape index (κ1) is 56.4. The summed E-state index contributed by atoms with van der Waals surface area (Å²) < 4.78 is 0. The molecule has 0 radical (unpaired) electrons. The van der Waals surface area contributed by atoms with Crippen LogP contribution in [-0.4, -0.2) is 98.7 Å². The second kappa shape index (κ2) is 24.2. The quantitative estimate of drug-likeness (QED) is 0.134. The van der Waals surface area contributed by atoms with E-state index in [0.717, 1.165) is 90.2 Å². The Morgan fingerprint density at radius 3 is 0.527 bits per heavy atom. The molecule has 0 amide bonds. The molecule has 0 N–H and O–H groups in total.